The van der Waals surface area contributed by atoms with Gasteiger partial charge >= 0.3 is 5.69 Å². The number of aromatic nitrogens is 2. The van der Waals surface area contributed by atoms with Crippen molar-refractivity contribution >= 4 is 0 Å². The predicted octanol–water partition coefficient (Wildman–Crippen LogP) is 1.72. The SMILES string of the molecule is Cc1cnc(=O)n(CCNC2CCCC(C)C2)c1. The Balaban J connectivity index is 1.81. The van der Waals surface area contributed by atoms with Gasteiger partial charge in [-0.15, -0.1) is 0 Å². The van der Waals surface area contributed by atoms with E-state index in [1.165, 1.54) is 25.7 Å². The third kappa shape index (κ3) is 3.67. The minimum Gasteiger partial charge on any atom is -0.312 e. The van der Waals surface area contributed by atoms with Crippen molar-refractivity contribution in [1.82, 2.24) is 14.9 Å². The van der Waals surface area contributed by atoms with Gasteiger partial charge in [0.1, 0.15) is 0 Å². The average Bonchev–Trinajstić information content (AvgIpc) is 2.34. The van der Waals surface area contributed by atoms with E-state index in [2.05, 4.69) is 17.2 Å². The Morgan fingerprint density at radius 2 is 2.33 bits per heavy atom. The first-order valence-corrected chi connectivity index (χ1v) is 6.91. The summed E-state index contributed by atoms with van der Waals surface area (Å²) >= 11 is 0. The zero-order chi connectivity index (χ0) is 13.0. The van der Waals surface area contributed by atoms with Gasteiger partial charge < -0.3 is 5.32 Å². The highest BCUT2D eigenvalue weighted by molar-refractivity contribution is 4.99. The zero-order valence-corrected chi connectivity index (χ0v) is 11.4. The fraction of sp³-hybridized carbons (Fsp3) is 0.714. The fourth-order valence-electron chi connectivity index (χ4n) is 2.73. The maximum atomic E-state index is 11.5. The Labute approximate surface area is 108 Å². The van der Waals surface area contributed by atoms with Crippen LogP contribution in [-0.4, -0.2) is 22.1 Å². The van der Waals surface area contributed by atoms with Crippen LogP contribution in [0.1, 0.15) is 38.2 Å². The summed E-state index contributed by atoms with van der Waals surface area (Å²) in [5.74, 6) is 0.833. The van der Waals surface area contributed by atoms with Gasteiger partial charge in [-0.05, 0) is 31.2 Å². The minimum absolute atomic E-state index is 0.153. The van der Waals surface area contributed by atoms with Crippen molar-refractivity contribution < 1.29 is 0 Å². The highest BCUT2D eigenvalue weighted by Gasteiger charge is 2.17. The number of nitrogens with zero attached hydrogens (tertiary/aromatic N) is 2. The third-order valence-electron chi connectivity index (χ3n) is 3.71. The Morgan fingerprint density at radius 3 is 3.11 bits per heavy atom. The lowest BCUT2D eigenvalue weighted by Gasteiger charge is -2.27. The summed E-state index contributed by atoms with van der Waals surface area (Å²) < 4.78 is 1.69. The second-order valence-electron chi connectivity index (χ2n) is 5.53. The summed E-state index contributed by atoms with van der Waals surface area (Å²) in [4.78, 5) is 15.4. The highest BCUT2D eigenvalue weighted by Crippen LogP contribution is 2.23. The van der Waals surface area contributed by atoms with Crippen molar-refractivity contribution in [2.24, 2.45) is 5.92 Å². The molecule has 0 saturated heterocycles. The first-order chi connectivity index (χ1) is 8.65. The summed E-state index contributed by atoms with van der Waals surface area (Å²) in [5, 5.41) is 3.56. The lowest BCUT2D eigenvalue weighted by Crippen LogP contribution is -2.37. The number of rotatable bonds is 4. The van der Waals surface area contributed by atoms with Gasteiger partial charge in [0.15, 0.2) is 0 Å². The van der Waals surface area contributed by atoms with E-state index in [9.17, 15) is 4.79 Å². The zero-order valence-electron chi connectivity index (χ0n) is 11.4. The Bertz CT molecular complexity index is 441. The summed E-state index contributed by atoms with van der Waals surface area (Å²) in [6, 6.07) is 0.627. The normalized spacial score (nSPS) is 24.1. The van der Waals surface area contributed by atoms with Gasteiger partial charge in [-0.2, -0.15) is 0 Å². The minimum atomic E-state index is -0.153. The maximum Gasteiger partial charge on any atom is 0.347 e. The lowest BCUT2D eigenvalue weighted by molar-refractivity contribution is 0.299. The van der Waals surface area contributed by atoms with E-state index < -0.39 is 0 Å². The molecule has 0 spiro atoms. The van der Waals surface area contributed by atoms with Crippen LogP contribution in [0.4, 0.5) is 0 Å². The Morgan fingerprint density at radius 1 is 1.50 bits per heavy atom. The van der Waals surface area contributed by atoms with Crippen LogP contribution < -0.4 is 11.0 Å². The van der Waals surface area contributed by atoms with Gasteiger partial charge in [0.2, 0.25) is 0 Å². The van der Waals surface area contributed by atoms with Crippen molar-refractivity contribution in [2.45, 2.75) is 52.1 Å². The van der Waals surface area contributed by atoms with Crippen LogP contribution in [0.2, 0.25) is 0 Å². The Kier molecular flexibility index (Phi) is 4.53. The largest absolute Gasteiger partial charge is 0.347 e. The molecule has 1 aromatic rings. The summed E-state index contributed by atoms with van der Waals surface area (Å²) in [6.45, 7) is 5.84. The van der Waals surface area contributed by atoms with Crippen LogP contribution in [0.15, 0.2) is 17.2 Å². The van der Waals surface area contributed by atoms with Crippen LogP contribution in [-0.2, 0) is 6.54 Å². The van der Waals surface area contributed by atoms with Crippen molar-refractivity contribution in [3.05, 3.63) is 28.4 Å². The van der Waals surface area contributed by atoms with Crippen molar-refractivity contribution in [1.29, 1.82) is 0 Å². The second kappa shape index (κ2) is 6.14. The van der Waals surface area contributed by atoms with Gasteiger partial charge in [-0.1, -0.05) is 19.8 Å². The van der Waals surface area contributed by atoms with E-state index in [4.69, 9.17) is 0 Å². The van der Waals surface area contributed by atoms with E-state index in [0.29, 0.717) is 12.6 Å². The number of aryl methyl sites for hydroxylation is 1. The summed E-state index contributed by atoms with van der Waals surface area (Å²) in [7, 11) is 0. The van der Waals surface area contributed by atoms with E-state index in [1.807, 2.05) is 13.1 Å². The van der Waals surface area contributed by atoms with Gasteiger partial charge in [0.25, 0.3) is 0 Å². The monoisotopic (exact) mass is 249 g/mol. The van der Waals surface area contributed by atoms with Gasteiger partial charge in [0.05, 0.1) is 0 Å². The number of hydrogen-bond acceptors (Lipinski definition) is 3. The molecule has 1 heterocycles. The first kappa shape index (κ1) is 13.3. The maximum absolute atomic E-state index is 11.5. The molecule has 2 rings (SSSR count). The molecule has 0 radical (unpaired) electrons. The molecule has 1 fully saturated rings. The number of hydrogen-bond donors (Lipinski definition) is 1. The molecule has 1 N–H and O–H groups in total. The smallest absolute Gasteiger partial charge is 0.312 e. The molecule has 0 bridgehead atoms. The molecule has 1 saturated carbocycles. The molecule has 0 amide bonds. The fourth-order valence-corrected chi connectivity index (χ4v) is 2.73. The molecule has 4 nitrogen and oxygen atoms in total. The molecule has 1 aliphatic carbocycles. The third-order valence-corrected chi connectivity index (χ3v) is 3.71. The van der Waals surface area contributed by atoms with Gasteiger partial charge in [0, 0.05) is 31.5 Å². The van der Waals surface area contributed by atoms with Crippen molar-refractivity contribution in [3.8, 4) is 0 Å². The van der Waals surface area contributed by atoms with Gasteiger partial charge in [-0.3, -0.25) is 4.57 Å². The molecule has 2 unspecified atom stereocenters. The average molecular weight is 249 g/mol. The highest BCUT2D eigenvalue weighted by atomic mass is 16.1. The molecule has 18 heavy (non-hydrogen) atoms. The topological polar surface area (TPSA) is 46.9 Å². The van der Waals surface area contributed by atoms with E-state index in [1.54, 1.807) is 10.8 Å². The quantitative estimate of drug-likeness (QED) is 0.884. The molecule has 1 aliphatic rings. The molecule has 0 aliphatic heterocycles. The van der Waals surface area contributed by atoms with Crippen LogP contribution in [0.25, 0.3) is 0 Å². The summed E-state index contributed by atoms with van der Waals surface area (Å²) in [5.41, 5.74) is 0.875. The standard InChI is InChI=1S/C14H23N3O/c1-11-4-3-5-13(8-11)15-6-7-17-10-12(2)9-16-14(17)18/h9-11,13,15H,3-8H2,1-2H3. The number of nitrogens with one attached hydrogen (secondary N) is 1. The van der Waals surface area contributed by atoms with Gasteiger partial charge in [-0.25, -0.2) is 9.78 Å². The Hall–Kier alpha value is -1.16. The lowest BCUT2D eigenvalue weighted by atomic mass is 9.87. The molecule has 0 aromatic carbocycles. The second-order valence-corrected chi connectivity index (χ2v) is 5.53. The van der Waals surface area contributed by atoms with E-state index >= 15 is 0 Å². The molecule has 100 valence electrons. The van der Waals surface area contributed by atoms with E-state index in [-0.39, 0.29) is 5.69 Å². The van der Waals surface area contributed by atoms with E-state index in [0.717, 1.165) is 18.0 Å². The molecule has 4 heteroatoms. The van der Waals surface area contributed by atoms with Crippen LogP contribution >= 0.6 is 0 Å². The molecular formula is C14H23N3O. The molecule has 1 aromatic heterocycles. The summed E-state index contributed by atoms with van der Waals surface area (Å²) in [6.07, 6.45) is 8.71. The molecule has 2 atom stereocenters. The first-order valence-electron chi connectivity index (χ1n) is 6.91. The van der Waals surface area contributed by atoms with Crippen molar-refractivity contribution in [2.75, 3.05) is 6.54 Å². The van der Waals surface area contributed by atoms with Crippen LogP contribution in [0, 0.1) is 12.8 Å². The predicted molar refractivity (Wildman–Crippen MR) is 72.7 cm³/mol. The van der Waals surface area contributed by atoms with Crippen LogP contribution in [0.3, 0.4) is 0 Å². The van der Waals surface area contributed by atoms with Crippen molar-refractivity contribution in [3.63, 3.8) is 0 Å². The molecular weight excluding hydrogens is 226 g/mol. The van der Waals surface area contributed by atoms with Crippen LogP contribution in [0.5, 0.6) is 0 Å².